The van der Waals surface area contributed by atoms with Crippen molar-refractivity contribution in [2.45, 2.75) is 26.3 Å². The number of benzene rings is 1. The van der Waals surface area contributed by atoms with Crippen molar-refractivity contribution in [3.05, 3.63) is 41.3 Å². The summed E-state index contributed by atoms with van der Waals surface area (Å²) in [4.78, 5) is 8.76. The molecule has 0 amide bonds. The molecule has 0 unspecified atom stereocenters. The number of fused-ring (bicyclic) bond motifs is 1. The molecule has 2 heterocycles. The standard InChI is InChI=1S/C13H13ClN4O/c1-8-4-3-5-10-13(8)18(11(6-14)16-10)7-12-15-9(2)17-19-12/h3-5H,6-7H2,1-2H3. The lowest BCUT2D eigenvalue weighted by atomic mass is 10.2. The van der Waals surface area contributed by atoms with Crippen LogP contribution in [0.4, 0.5) is 0 Å². The molecule has 0 saturated heterocycles. The van der Waals surface area contributed by atoms with Gasteiger partial charge in [-0.25, -0.2) is 4.98 Å². The van der Waals surface area contributed by atoms with E-state index < -0.39 is 0 Å². The number of imidazole rings is 1. The molecule has 3 rings (SSSR count). The van der Waals surface area contributed by atoms with E-state index in [0.29, 0.717) is 24.1 Å². The monoisotopic (exact) mass is 276 g/mol. The zero-order valence-corrected chi connectivity index (χ0v) is 11.5. The number of alkyl halides is 1. The van der Waals surface area contributed by atoms with Crippen LogP contribution in [-0.4, -0.2) is 19.7 Å². The molecule has 3 aromatic rings. The fourth-order valence-corrected chi connectivity index (χ4v) is 2.43. The predicted molar refractivity (Wildman–Crippen MR) is 72.2 cm³/mol. The number of rotatable bonds is 3. The Morgan fingerprint density at radius 2 is 2.11 bits per heavy atom. The molecule has 2 aromatic heterocycles. The predicted octanol–water partition coefficient (Wildman–Crippen LogP) is 2.82. The largest absolute Gasteiger partial charge is 0.337 e. The molecule has 19 heavy (non-hydrogen) atoms. The molecule has 0 aliphatic rings. The van der Waals surface area contributed by atoms with Crippen LogP contribution in [-0.2, 0) is 12.4 Å². The van der Waals surface area contributed by atoms with Crippen LogP contribution in [0.15, 0.2) is 22.7 Å². The molecular formula is C13H13ClN4O. The summed E-state index contributed by atoms with van der Waals surface area (Å²) in [7, 11) is 0. The van der Waals surface area contributed by atoms with Crippen molar-refractivity contribution in [1.29, 1.82) is 0 Å². The smallest absolute Gasteiger partial charge is 0.246 e. The number of para-hydroxylation sites is 1. The summed E-state index contributed by atoms with van der Waals surface area (Å²) in [5, 5.41) is 3.80. The molecule has 5 nitrogen and oxygen atoms in total. The van der Waals surface area contributed by atoms with E-state index in [2.05, 4.69) is 28.1 Å². The average Bonchev–Trinajstić information content (AvgIpc) is 2.95. The summed E-state index contributed by atoms with van der Waals surface area (Å²) >= 11 is 5.98. The molecule has 98 valence electrons. The van der Waals surface area contributed by atoms with Gasteiger partial charge in [-0.05, 0) is 25.5 Å². The molecule has 0 aliphatic carbocycles. The minimum atomic E-state index is 0.348. The van der Waals surface area contributed by atoms with Crippen LogP contribution in [0.2, 0.25) is 0 Å². The molecular weight excluding hydrogens is 264 g/mol. The maximum Gasteiger partial charge on any atom is 0.246 e. The Morgan fingerprint density at radius 1 is 1.26 bits per heavy atom. The highest BCUT2D eigenvalue weighted by Gasteiger charge is 2.14. The number of hydrogen-bond acceptors (Lipinski definition) is 4. The molecule has 0 N–H and O–H groups in total. The van der Waals surface area contributed by atoms with Crippen molar-refractivity contribution in [3.8, 4) is 0 Å². The Bertz CT molecular complexity index is 731. The maximum absolute atomic E-state index is 5.98. The second-order valence-electron chi connectivity index (χ2n) is 4.43. The fraction of sp³-hybridized carbons (Fsp3) is 0.308. The Kier molecular flexibility index (Phi) is 2.98. The Balaban J connectivity index is 2.15. The lowest BCUT2D eigenvalue weighted by Gasteiger charge is -2.05. The summed E-state index contributed by atoms with van der Waals surface area (Å²) in [6.07, 6.45) is 0. The van der Waals surface area contributed by atoms with Crippen LogP contribution in [0.5, 0.6) is 0 Å². The first kappa shape index (κ1) is 12.2. The van der Waals surface area contributed by atoms with E-state index in [1.165, 1.54) is 0 Å². The first-order valence-corrected chi connectivity index (χ1v) is 6.52. The van der Waals surface area contributed by atoms with E-state index in [1.54, 1.807) is 6.92 Å². The Morgan fingerprint density at radius 3 is 2.79 bits per heavy atom. The highest BCUT2D eigenvalue weighted by Crippen LogP contribution is 2.22. The molecule has 6 heteroatoms. The Hall–Kier alpha value is -1.88. The first-order chi connectivity index (χ1) is 9.19. The highest BCUT2D eigenvalue weighted by molar-refractivity contribution is 6.16. The second-order valence-corrected chi connectivity index (χ2v) is 4.69. The van der Waals surface area contributed by atoms with E-state index in [9.17, 15) is 0 Å². The van der Waals surface area contributed by atoms with Gasteiger partial charge in [0.05, 0.1) is 16.9 Å². The van der Waals surface area contributed by atoms with E-state index >= 15 is 0 Å². The normalized spacial score (nSPS) is 11.3. The summed E-state index contributed by atoms with van der Waals surface area (Å²) < 4.78 is 7.21. The molecule has 1 aromatic carbocycles. The van der Waals surface area contributed by atoms with Crippen molar-refractivity contribution < 1.29 is 4.52 Å². The van der Waals surface area contributed by atoms with Crippen LogP contribution in [0, 0.1) is 13.8 Å². The van der Waals surface area contributed by atoms with E-state index in [4.69, 9.17) is 16.1 Å². The SMILES string of the molecule is Cc1noc(Cn2c(CCl)nc3cccc(C)c32)n1. The number of aromatic nitrogens is 4. The number of hydrogen-bond donors (Lipinski definition) is 0. The van der Waals surface area contributed by atoms with Gasteiger partial charge >= 0.3 is 0 Å². The fourth-order valence-electron chi connectivity index (χ4n) is 2.23. The lowest BCUT2D eigenvalue weighted by Crippen LogP contribution is -2.05. The van der Waals surface area contributed by atoms with Crippen LogP contribution >= 0.6 is 11.6 Å². The number of halogens is 1. The van der Waals surface area contributed by atoms with Crippen LogP contribution in [0.25, 0.3) is 11.0 Å². The summed E-state index contributed by atoms with van der Waals surface area (Å²) in [5.41, 5.74) is 3.15. The molecule has 0 fully saturated rings. The van der Waals surface area contributed by atoms with Gasteiger partial charge in [0.2, 0.25) is 5.89 Å². The van der Waals surface area contributed by atoms with Crippen molar-refractivity contribution in [2.75, 3.05) is 0 Å². The molecule has 0 atom stereocenters. The van der Waals surface area contributed by atoms with Crippen LogP contribution in [0.3, 0.4) is 0 Å². The van der Waals surface area contributed by atoms with Crippen molar-refractivity contribution in [1.82, 2.24) is 19.7 Å². The zero-order valence-electron chi connectivity index (χ0n) is 10.7. The highest BCUT2D eigenvalue weighted by atomic mass is 35.5. The summed E-state index contributed by atoms with van der Waals surface area (Å²) in [5.74, 6) is 2.35. The number of nitrogens with zero attached hydrogens (tertiary/aromatic N) is 4. The van der Waals surface area contributed by atoms with Gasteiger partial charge in [0, 0.05) is 0 Å². The van der Waals surface area contributed by atoms with Gasteiger partial charge in [-0.3, -0.25) is 0 Å². The van der Waals surface area contributed by atoms with E-state index in [0.717, 1.165) is 22.4 Å². The first-order valence-electron chi connectivity index (χ1n) is 5.99. The average molecular weight is 277 g/mol. The molecule has 0 aliphatic heterocycles. The van der Waals surface area contributed by atoms with Crippen molar-refractivity contribution in [2.24, 2.45) is 0 Å². The zero-order chi connectivity index (χ0) is 13.4. The van der Waals surface area contributed by atoms with E-state index in [-0.39, 0.29) is 0 Å². The Labute approximate surface area is 115 Å². The van der Waals surface area contributed by atoms with Gasteiger partial charge in [0.15, 0.2) is 5.82 Å². The van der Waals surface area contributed by atoms with Gasteiger partial charge < -0.3 is 9.09 Å². The van der Waals surface area contributed by atoms with Gasteiger partial charge in [0.25, 0.3) is 0 Å². The van der Waals surface area contributed by atoms with Gasteiger partial charge in [0.1, 0.15) is 12.4 Å². The van der Waals surface area contributed by atoms with Crippen LogP contribution in [0.1, 0.15) is 23.1 Å². The molecule has 0 bridgehead atoms. The van der Waals surface area contributed by atoms with Gasteiger partial charge in [-0.1, -0.05) is 17.3 Å². The minimum absolute atomic E-state index is 0.348. The third-order valence-electron chi connectivity index (χ3n) is 3.03. The quantitative estimate of drug-likeness (QED) is 0.690. The number of aryl methyl sites for hydroxylation is 2. The summed E-state index contributed by atoms with van der Waals surface area (Å²) in [6.45, 7) is 4.34. The summed E-state index contributed by atoms with van der Waals surface area (Å²) in [6, 6.07) is 6.02. The van der Waals surface area contributed by atoms with Crippen molar-refractivity contribution >= 4 is 22.6 Å². The molecule has 0 radical (unpaired) electrons. The maximum atomic E-state index is 5.98. The van der Waals surface area contributed by atoms with Crippen LogP contribution < -0.4 is 0 Å². The molecule has 0 spiro atoms. The topological polar surface area (TPSA) is 56.7 Å². The van der Waals surface area contributed by atoms with Gasteiger partial charge in [-0.15, -0.1) is 11.6 Å². The second kappa shape index (κ2) is 4.66. The third kappa shape index (κ3) is 2.10. The van der Waals surface area contributed by atoms with Crippen molar-refractivity contribution in [3.63, 3.8) is 0 Å². The minimum Gasteiger partial charge on any atom is -0.337 e. The lowest BCUT2D eigenvalue weighted by molar-refractivity contribution is 0.368. The van der Waals surface area contributed by atoms with E-state index in [1.807, 2.05) is 16.7 Å². The third-order valence-corrected chi connectivity index (χ3v) is 3.27. The molecule has 0 saturated carbocycles. The van der Waals surface area contributed by atoms with Gasteiger partial charge in [-0.2, -0.15) is 4.98 Å².